The monoisotopic (exact) mass is 405 g/mol. The number of hydrogen-bond acceptors (Lipinski definition) is 2. The van der Waals surface area contributed by atoms with Crippen molar-refractivity contribution in [3.05, 3.63) is 63.1 Å². The van der Waals surface area contributed by atoms with Gasteiger partial charge in [0.05, 0.1) is 11.4 Å². The van der Waals surface area contributed by atoms with Crippen LogP contribution in [0.1, 0.15) is 5.56 Å². The lowest BCUT2D eigenvalue weighted by molar-refractivity contribution is -0.113. The number of thioether (sulfide) groups is 1. The predicted octanol–water partition coefficient (Wildman–Crippen LogP) is 5.25. The minimum atomic E-state index is -0.819. The van der Waals surface area contributed by atoms with Gasteiger partial charge in [-0.3, -0.25) is 4.79 Å². The van der Waals surface area contributed by atoms with Crippen molar-refractivity contribution in [3.63, 3.8) is 0 Å². The van der Waals surface area contributed by atoms with Gasteiger partial charge in [-0.05, 0) is 39.7 Å². The van der Waals surface area contributed by atoms with Gasteiger partial charge in [-0.2, -0.15) is 0 Å². The Bertz CT molecular complexity index is 676. The maximum atomic E-state index is 13.6. The van der Waals surface area contributed by atoms with Gasteiger partial charge >= 0.3 is 0 Å². The molecule has 22 heavy (non-hydrogen) atoms. The molecule has 0 atom stereocenters. The summed E-state index contributed by atoms with van der Waals surface area (Å²) in [5.41, 5.74) is 0.939. The van der Waals surface area contributed by atoms with E-state index in [1.54, 1.807) is 6.07 Å². The molecule has 116 valence electrons. The molecule has 0 unspecified atom stereocenters. The number of carbonyl (C=O) groups excluding carboxylic acids is 1. The van der Waals surface area contributed by atoms with Crippen LogP contribution in [-0.2, 0) is 10.5 Å². The fraction of sp³-hybridized carbons (Fsp3) is 0.133. The quantitative estimate of drug-likeness (QED) is 0.734. The van der Waals surface area contributed by atoms with Crippen LogP contribution in [-0.4, -0.2) is 11.7 Å². The molecule has 0 heterocycles. The third kappa shape index (κ3) is 4.97. The molecule has 1 N–H and O–H groups in total. The first-order valence-electron chi connectivity index (χ1n) is 6.22. The molecule has 0 aromatic heterocycles. The average molecular weight is 407 g/mol. The number of carbonyl (C=O) groups is 1. The molecule has 2 nitrogen and oxygen atoms in total. The highest BCUT2D eigenvalue weighted by atomic mass is 79.9. The smallest absolute Gasteiger partial charge is 0.234 e. The molecule has 0 aliphatic carbocycles. The summed E-state index contributed by atoms with van der Waals surface area (Å²) in [5, 5.41) is 3.07. The first kappa shape index (κ1) is 17.2. The zero-order chi connectivity index (χ0) is 16.1. The minimum absolute atomic E-state index is 0.0604. The molecule has 0 fully saturated rings. The Kier molecular flexibility index (Phi) is 6.23. The number of nitrogens with one attached hydrogen (secondary N) is 1. The van der Waals surface area contributed by atoms with Crippen molar-refractivity contribution in [1.82, 2.24) is 0 Å². The number of benzene rings is 2. The normalized spacial score (nSPS) is 10.5. The van der Waals surface area contributed by atoms with Gasteiger partial charge in [0.15, 0.2) is 5.82 Å². The number of halogens is 4. The van der Waals surface area contributed by atoms with Crippen molar-refractivity contribution >= 4 is 50.9 Å². The fourth-order valence-corrected chi connectivity index (χ4v) is 3.22. The summed E-state index contributed by atoms with van der Waals surface area (Å²) in [6, 6.07) is 9.16. The van der Waals surface area contributed by atoms with E-state index in [2.05, 4.69) is 21.2 Å². The van der Waals surface area contributed by atoms with Crippen LogP contribution in [0.5, 0.6) is 0 Å². The Morgan fingerprint density at radius 2 is 2.05 bits per heavy atom. The highest BCUT2D eigenvalue weighted by molar-refractivity contribution is 9.10. The summed E-state index contributed by atoms with van der Waals surface area (Å²) in [5.74, 6) is -1.13. The van der Waals surface area contributed by atoms with Gasteiger partial charge in [0.25, 0.3) is 0 Å². The summed E-state index contributed by atoms with van der Waals surface area (Å²) in [6.45, 7) is 0. The van der Waals surface area contributed by atoms with E-state index in [0.717, 1.165) is 17.7 Å². The molecule has 2 aromatic carbocycles. The van der Waals surface area contributed by atoms with Crippen LogP contribution in [0.4, 0.5) is 14.5 Å². The Morgan fingerprint density at radius 1 is 1.27 bits per heavy atom. The second-order valence-corrected chi connectivity index (χ2v) is 6.69. The van der Waals surface area contributed by atoms with Crippen molar-refractivity contribution < 1.29 is 13.6 Å². The summed E-state index contributed by atoms with van der Waals surface area (Å²) in [6.07, 6.45) is 0. The summed E-state index contributed by atoms with van der Waals surface area (Å²) in [7, 11) is 0. The molecular weight excluding hydrogens is 396 g/mol. The summed E-state index contributed by atoms with van der Waals surface area (Å²) < 4.78 is 26.7. The summed E-state index contributed by atoms with van der Waals surface area (Å²) >= 11 is 10.3. The van der Waals surface area contributed by atoms with Crippen molar-refractivity contribution in [2.24, 2.45) is 0 Å². The second kappa shape index (κ2) is 7.94. The minimum Gasteiger partial charge on any atom is -0.322 e. The first-order chi connectivity index (χ1) is 10.5. The molecule has 0 aliphatic rings. The molecule has 2 aromatic rings. The Labute approximate surface area is 144 Å². The lowest BCUT2D eigenvalue weighted by Gasteiger charge is -2.09. The standard InChI is InChI=1S/C15H11BrClF2NOS/c16-12-5-11(18)6-13(19)15(12)20-14(21)8-22-7-9-2-1-3-10(17)4-9/h1-6H,7-8H2,(H,20,21). The Morgan fingerprint density at radius 3 is 2.73 bits per heavy atom. The zero-order valence-corrected chi connectivity index (χ0v) is 14.4. The van der Waals surface area contributed by atoms with Gasteiger partial charge < -0.3 is 5.32 Å². The van der Waals surface area contributed by atoms with Crippen LogP contribution in [0, 0.1) is 11.6 Å². The fourth-order valence-electron chi connectivity index (χ4n) is 1.73. The third-order valence-electron chi connectivity index (χ3n) is 2.66. The number of rotatable bonds is 5. The highest BCUT2D eigenvalue weighted by Gasteiger charge is 2.12. The van der Waals surface area contributed by atoms with Crippen molar-refractivity contribution in [2.75, 3.05) is 11.1 Å². The van der Waals surface area contributed by atoms with Crippen LogP contribution in [0.15, 0.2) is 40.9 Å². The van der Waals surface area contributed by atoms with E-state index in [9.17, 15) is 13.6 Å². The van der Waals surface area contributed by atoms with Gasteiger partial charge in [0, 0.05) is 21.3 Å². The molecular formula is C15H11BrClF2NOS. The molecule has 0 saturated heterocycles. The average Bonchev–Trinajstić information content (AvgIpc) is 2.43. The molecule has 2 rings (SSSR count). The van der Waals surface area contributed by atoms with E-state index >= 15 is 0 Å². The Hall–Kier alpha value is -1.11. The van der Waals surface area contributed by atoms with Gasteiger partial charge in [0.2, 0.25) is 5.91 Å². The molecule has 7 heteroatoms. The maximum Gasteiger partial charge on any atom is 0.234 e. The van der Waals surface area contributed by atoms with Gasteiger partial charge in [-0.1, -0.05) is 23.7 Å². The second-order valence-electron chi connectivity index (χ2n) is 4.42. The molecule has 0 saturated carbocycles. The Balaban J connectivity index is 1.89. The first-order valence-corrected chi connectivity index (χ1v) is 8.55. The van der Waals surface area contributed by atoms with E-state index in [4.69, 9.17) is 11.6 Å². The van der Waals surface area contributed by atoms with Gasteiger partial charge in [0.1, 0.15) is 5.82 Å². The zero-order valence-electron chi connectivity index (χ0n) is 11.2. The third-order valence-corrected chi connectivity index (χ3v) is 4.53. The van der Waals surface area contributed by atoms with E-state index in [1.807, 2.05) is 18.2 Å². The van der Waals surface area contributed by atoms with Crippen LogP contribution < -0.4 is 5.32 Å². The molecule has 0 spiro atoms. The van der Waals surface area contributed by atoms with E-state index in [-0.39, 0.29) is 21.8 Å². The van der Waals surface area contributed by atoms with E-state index < -0.39 is 11.6 Å². The molecule has 0 aliphatic heterocycles. The van der Waals surface area contributed by atoms with Crippen LogP contribution in [0.25, 0.3) is 0 Å². The molecule has 0 bridgehead atoms. The van der Waals surface area contributed by atoms with Crippen LogP contribution in [0.2, 0.25) is 5.02 Å². The number of anilines is 1. The molecule has 0 radical (unpaired) electrons. The van der Waals surface area contributed by atoms with Crippen LogP contribution in [0.3, 0.4) is 0 Å². The highest BCUT2D eigenvalue weighted by Crippen LogP contribution is 2.27. The lowest BCUT2D eigenvalue weighted by Crippen LogP contribution is -2.15. The van der Waals surface area contributed by atoms with Gasteiger partial charge in [-0.15, -0.1) is 11.8 Å². The molecule has 1 amide bonds. The SMILES string of the molecule is O=C(CSCc1cccc(Cl)c1)Nc1c(F)cc(F)cc1Br. The lowest BCUT2D eigenvalue weighted by atomic mass is 10.2. The van der Waals surface area contributed by atoms with Crippen molar-refractivity contribution in [1.29, 1.82) is 0 Å². The summed E-state index contributed by atoms with van der Waals surface area (Å²) in [4.78, 5) is 11.8. The number of hydrogen-bond donors (Lipinski definition) is 1. The largest absolute Gasteiger partial charge is 0.322 e. The van der Waals surface area contributed by atoms with Crippen LogP contribution >= 0.6 is 39.3 Å². The topological polar surface area (TPSA) is 29.1 Å². The maximum absolute atomic E-state index is 13.6. The van der Waals surface area contributed by atoms with Crippen molar-refractivity contribution in [2.45, 2.75) is 5.75 Å². The number of amides is 1. The van der Waals surface area contributed by atoms with E-state index in [0.29, 0.717) is 10.8 Å². The van der Waals surface area contributed by atoms with Crippen molar-refractivity contribution in [3.8, 4) is 0 Å². The van der Waals surface area contributed by atoms with E-state index in [1.165, 1.54) is 11.8 Å². The van der Waals surface area contributed by atoms with Gasteiger partial charge in [-0.25, -0.2) is 8.78 Å². The predicted molar refractivity (Wildman–Crippen MR) is 90.3 cm³/mol.